The van der Waals surface area contributed by atoms with Crippen LogP contribution in [0.2, 0.25) is 0 Å². The van der Waals surface area contributed by atoms with Crippen molar-refractivity contribution in [3.63, 3.8) is 0 Å². The highest BCUT2D eigenvalue weighted by Gasteiger charge is 2.13. The van der Waals surface area contributed by atoms with E-state index in [1.165, 1.54) is 0 Å². The average molecular weight is 527 g/mol. The van der Waals surface area contributed by atoms with Gasteiger partial charge in [0.1, 0.15) is 0 Å². The number of para-hydroxylation sites is 2. The van der Waals surface area contributed by atoms with Crippen LogP contribution in [0.15, 0.2) is 65.7 Å². The monoisotopic (exact) mass is 526 g/mol. The van der Waals surface area contributed by atoms with Crippen molar-refractivity contribution in [3.05, 3.63) is 71.8 Å². The Balaban J connectivity index is 0.00000361. The normalized spacial score (nSPS) is 11.2. The summed E-state index contributed by atoms with van der Waals surface area (Å²) in [5, 5.41) is 5.61. The quantitative estimate of drug-likeness (QED) is 0.105. The first-order chi connectivity index (χ1) is 16.7. The smallest absolute Gasteiger partial charge is 0.232 e. The molecule has 0 amide bonds. The second kappa shape index (κ2) is 11.5. The lowest BCUT2D eigenvalue weighted by atomic mass is 10.0. The lowest BCUT2D eigenvalue weighted by Gasteiger charge is -2.16. The predicted octanol–water partition coefficient (Wildman–Crippen LogP) is 4.97. The van der Waals surface area contributed by atoms with Crippen molar-refractivity contribution < 1.29 is 8.42 Å². The van der Waals surface area contributed by atoms with Gasteiger partial charge in [0.15, 0.2) is 5.96 Å². The topological polar surface area (TPSA) is 135 Å². The number of nitrogens with two attached hydrogens (primary N) is 2. The van der Waals surface area contributed by atoms with Gasteiger partial charge < -0.3 is 16.8 Å². The Hall–Kier alpha value is -3.56. The van der Waals surface area contributed by atoms with Gasteiger partial charge in [0.25, 0.3) is 0 Å². The molecule has 190 valence electrons. The molecule has 0 bridgehead atoms. The minimum absolute atomic E-state index is 0. The van der Waals surface area contributed by atoms with Crippen molar-refractivity contribution in [2.75, 3.05) is 22.3 Å². The van der Waals surface area contributed by atoms with Crippen LogP contribution in [-0.2, 0) is 10.0 Å². The molecule has 0 spiro atoms. The summed E-state index contributed by atoms with van der Waals surface area (Å²) >= 11 is 0. The molecular weight excluding hydrogens is 496 g/mol. The summed E-state index contributed by atoms with van der Waals surface area (Å²) < 4.78 is 27.5. The second-order valence-electron chi connectivity index (χ2n) is 8.57. The Bertz CT molecular complexity index is 1440. The van der Waals surface area contributed by atoms with Crippen LogP contribution in [0.3, 0.4) is 0 Å². The third-order valence-corrected chi connectivity index (χ3v) is 7.15. The molecule has 1 aromatic heterocycles. The number of aromatic nitrogens is 1. The van der Waals surface area contributed by atoms with Crippen molar-refractivity contribution in [2.45, 2.75) is 26.7 Å². The first kappa shape index (κ1) is 27.0. The molecule has 6 N–H and O–H groups in total. The first-order valence-corrected chi connectivity index (χ1v) is 13.1. The number of anilines is 3. The largest absolute Gasteiger partial charge is 0.370 e. The summed E-state index contributed by atoms with van der Waals surface area (Å²) in [5.41, 5.74) is 17.0. The number of aryl methyl sites for hydroxylation is 2. The van der Waals surface area contributed by atoms with E-state index in [0.29, 0.717) is 25.1 Å². The Kier molecular flexibility index (Phi) is 8.60. The molecule has 0 radical (unpaired) electrons. The van der Waals surface area contributed by atoms with Crippen LogP contribution in [0.25, 0.3) is 21.8 Å². The van der Waals surface area contributed by atoms with E-state index in [4.69, 9.17) is 16.5 Å². The summed E-state index contributed by atoms with van der Waals surface area (Å²) in [6.07, 6.45) is 1.06. The number of hydrogen-bond acceptors (Lipinski definition) is 5. The molecule has 10 heteroatoms. The SMILES string of the molecule is Cc1cccc2c(Nc3ccc(NS(=O)(=O)CCCCN=C(N)N)cc3)c3cccc(C)c3nc12.Cl. The van der Waals surface area contributed by atoms with Gasteiger partial charge in [0.05, 0.1) is 22.5 Å². The highest BCUT2D eigenvalue weighted by molar-refractivity contribution is 7.92. The maximum absolute atomic E-state index is 12.4. The van der Waals surface area contributed by atoms with E-state index >= 15 is 0 Å². The first-order valence-electron chi connectivity index (χ1n) is 11.4. The van der Waals surface area contributed by atoms with Gasteiger partial charge in [-0.2, -0.15) is 0 Å². The van der Waals surface area contributed by atoms with E-state index in [-0.39, 0.29) is 24.1 Å². The van der Waals surface area contributed by atoms with Gasteiger partial charge in [-0.3, -0.25) is 9.71 Å². The van der Waals surface area contributed by atoms with Crippen molar-refractivity contribution in [2.24, 2.45) is 16.5 Å². The van der Waals surface area contributed by atoms with Crippen LogP contribution < -0.4 is 21.5 Å². The molecule has 4 aromatic rings. The molecule has 3 aromatic carbocycles. The van der Waals surface area contributed by atoms with Crippen LogP contribution in [0, 0.1) is 13.8 Å². The fourth-order valence-electron chi connectivity index (χ4n) is 4.02. The highest BCUT2D eigenvalue weighted by Crippen LogP contribution is 2.35. The Morgan fingerprint density at radius 1 is 0.861 bits per heavy atom. The van der Waals surface area contributed by atoms with Gasteiger partial charge in [0.2, 0.25) is 10.0 Å². The van der Waals surface area contributed by atoms with E-state index in [1.807, 2.05) is 24.3 Å². The molecule has 0 aliphatic rings. The number of nitrogens with one attached hydrogen (secondary N) is 2. The van der Waals surface area contributed by atoms with E-state index in [0.717, 1.165) is 44.3 Å². The number of benzene rings is 3. The number of rotatable bonds is 9. The zero-order valence-electron chi connectivity index (χ0n) is 20.3. The number of sulfonamides is 1. The highest BCUT2D eigenvalue weighted by atomic mass is 35.5. The van der Waals surface area contributed by atoms with E-state index < -0.39 is 10.0 Å². The van der Waals surface area contributed by atoms with Gasteiger partial charge in [-0.15, -0.1) is 12.4 Å². The number of hydrogen-bond donors (Lipinski definition) is 4. The van der Waals surface area contributed by atoms with Crippen LogP contribution in [0.4, 0.5) is 17.1 Å². The zero-order valence-corrected chi connectivity index (χ0v) is 21.9. The van der Waals surface area contributed by atoms with Gasteiger partial charge in [-0.1, -0.05) is 36.4 Å². The number of fused-ring (bicyclic) bond motifs is 2. The molecule has 4 rings (SSSR count). The van der Waals surface area contributed by atoms with Crippen LogP contribution in [0.1, 0.15) is 24.0 Å². The number of unbranched alkanes of at least 4 members (excludes halogenated alkanes) is 1. The number of nitrogens with zero attached hydrogens (tertiary/aromatic N) is 2. The molecule has 8 nitrogen and oxygen atoms in total. The second-order valence-corrected chi connectivity index (χ2v) is 10.4. The van der Waals surface area contributed by atoms with Gasteiger partial charge in [-0.05, 0) is 62.1 Å². The van der Waals surface area contributed by atoms with E-state index in [9.17, 15) is 8.42 Å². The predicted molar refractivity (Wildman–Crippen MR) is 153 cm³/mol. The Labute approximate surface area is 217 Å². The molecule has 0 atom stereocenters. The maximum Gasteiger partial charge on any atom is 0.232 e. The zero-order chi connectivity index (χ0) is 25.0. The number of halogens is 1. The molecule has 36 heavy (non-hydrogen) atoms. The molecule has 0 aliphatic carbocycles. The Morgan fingerprint density at radius 2 is 1.42 bits per heavy atom. The molecule has 1 heterocycles. The maximum atomic E-state index is 12.4. The third kappa shape index (κ3) is 6.35. The Morgan fingerprint density at radius 3 is 1.97 bits per heavy atom. The van der Waals surface area contributed by atoms with Gasteiger partial charge >= 0.3 is 0 Å². The summed E-state index contributed by atoms with van der Waals surface area (Å²) in [6.45, 7) is 4.53. The van der Waals surface area contributed by atoms with Crippen molar-refractivity contribution >= 4 is 67.3 Å². The molecule has 0 saturated carbocycles. The lowest BCUT2D eigenvalue weighted by Crippen LogP contribution is -2.23. The van der Waals surface area contributed by atoms with Gasteiger partial charge in [0, 0.05) is 28.7 Å². The number of aliphatic imine (C=N–C) groups is 1. The summed E-state index contributed by atoms with van der Waals surface area (Å²) in [6, 6.07) is 19.5. The minimum Gasteiger partial charge on any atom is -0.370 e. The van der Waals surface area contributed by atoms with Crippen LogP contribution in [0.5, 0.6) is 0 Å². The third-order valence-electron chi connectivity index (χ3n) is 5.78. The fraction of sp³-hybridized carbons (Fsp3) is 0.231. The van der Waals surface area contributed by atoms with E-state index in [1.54, 1.807) is 12.1 Å². The average Bonchev–Trinajstić information content (AvgIpc) is 2.80. The summed E-state index contributed by atoms with van der Waals surface area (Å²) in [7, 11) is -3.46. The van der Waals surface area contributed by atoms with Gasteiger partial charge in [-0.25, -0.2) is 13.4 Å². The van der Waals surface area contributed by atoms with Crippen molar-refractivity contribution in [1.82, 2.24) is 4.98 Å². The number of guanidine groups is 1. The minimum atomic E-state index is -3.46. The van der Waals surface area contributed by atoms with Crippen LogP contribution in [-0.4, -0.2) is 31.7 Å². The molecule has 0 fully saturated rings. The van der Waals surface area contributed by atoms with Crippen molar-refractivity contribution in [3.8, 4) is 0 Å². The van der Waals surface area contributed by atoms with E-state index in [2.05, 4.69) is 53.1 Å². The van der Waals surface area contributed by atoms with Crippen LogP contribution >= 0.6 is 12.4 Å². The van der Waals surface area contributed by atoms with Crippen molar-refractivity contribution in [1.29, 1.82) is 0 Å². The summed E-state index contributed by atoms with van der Waals surface area (Å²) in [5.74, 6) is 0.0125. The standard InChI is InChI=1S/C26H30N6O2S.ClH/c1-17-7-5-9-21-23(17)31-24-18(2)8-6-10-22(24)25(21)30-19-11-13-20(14-12-19)32-35(33,34)16-4-3-15-29-26(27)28;/h5-14,32H,3-4,15-16H2,1-2H3,(H,30,31)(H4,27,28,29);1H. The molecule has 0 aliphatic heterocycles. The number of pyridine rings is 1. The summed E-state index contributed by atoms with van der Waals surface area (Å²) in [4.78, 5) is 8.81. The molecule has 0 unspecified atom stereocenters. The molecular formula is C26H31ClN6O2S. The fourth-order valence-corrected chi connectivity index (χ4v) is 5.20. The molecule has 0 saturated heterocycles. The lowest BCUT2D eigenvalue weighted by molar-refractivity contribution is 0.597.